The third kappa shape index (κ3) is 4.16. The largest absolute Gasteiger partial charge is 0.507 e. The number of nitrogens with zero attached hydrogens (tertiary/aromatic N) is 2. The van der Waals surface area contributed by atoms with Gasteiger partial charge in [0, 0.05) is 21.5 Å². The molecule has 2 aromatic carbocycles. The van der Waals surface area contributed by atoms with Crippen LogP contribution in [0.1, 0.15) is 31.9 Å². The highest BCUT2D eigenvalue weighted by Gasteiger charge is 2.30. The molecule has 10 heteroatoms. The molecule has 0 aliphatic carbocycles. The van der Waals surface area contributed by atoms with Gasteiger partial charge in [0.05, 0.1) is 21.4 Å². The molecule has 0 unspecified atom stereocenters. The first kappa shape index (κ1) is 24.1. The normalized spacial score (nSPS) is 11.9. The standard InChI is InChI=1S/C26H17F3N2O3S2/c1-13-14(2)35-24-21(13)25(34)31-12-15(22(33)18-8-3-4-9-19(18)32)10-20(23(31)30-24)36-17-7-5-6-16(11-17)26(27,28)29/h3-12,32H,1-2H3. The second-order valence-electron chi connectivity index (χ2n) is 8.14. The number of hydrogen-bond donors (Lipinski definition) is 1. The molecule has 3 heterocycles. The SMILES string of the molecule is Cc1sc2nc3c(Sc4cccc(C(F)(F)F)c4)cc(C(=O)c4ccccc4O)cn3c(=O)c2c1C. The van der Waals surface area contributed by atoms with E-state index in [-0.39, 0.29) is 33.0 Å². The Bertz CT molecular complexity index is 1740. The van der Waals surface area contributed by atoms with Gasteiger partial charge < -0.3 is 5.11 Å². The Morgan fingerprint density at radius 3 is 2.56 bits per heavy atom. The van der Waals surface area contributed by atoms with E-state index in [2.05, 4.69) is 4.98 Å². The van der Waals surface area contributed by atoms with Crippen LogP contribution in [0.3, 0.4) is 0 Å². The van der Waals surface area contributed by atoms with E-state index < -0.39 is 17.5 Å². The molecule has 0 fully saturated rings. The number of halogens is 3. The van der Waals surface area contributed by atoms with Crippen LogP contribution < -0.4 is 5.56 Å². The van der Waals surface area contributed by atoms with Crippen molar-refractivity contribution in [3.63, 3.8) is 0 Å². The number of phenolic OH excluding ortho intramolecular Hbond substituents is 1. The summed E-state index contributed by atoms with van der Waals surface area (Å²) >= 11 is 2.33. The van der Waals surface area contributed by atoms with Crippen molar-refractivity contribution in [3.8, 4) is 5.75 Å². The van der Waals surface area contributed by atoms with Crippen molar-refractivity contribution in [3.05, 3.63) is 98.3 Å². The highest BCUT2D eigenvalue weighted by atomic mass is 32.2. The van der Waals surface area contributed by atoms with Crippen molar-refractivity contribution >= 4 is 44.7 Å². The summed E-state index contributed by atoms with van der Waals surface area (Å²) in [7, 11) is 0. The fourth-order valence-electron chi connectivity index (χ4n) is 3.87. The Morgan fingerprint density at radius 1 is 1.08 bits per heavy atom. The van der Waals surface area contributed by atoms with Crippen molar-refractivity contribution in [1.82, 2.24) is 9.38 Å². The summed E-state index contributed by atoms with van der Waals surface area (Å²) in [4.78, 5) is 33.5. The summed E-state index contributed by atoms with van der Waals surface area (Å²) in [6, 6.07) is 12.3. The zero-order chi connectivity index (χ0) is 25.8. The van der Waals surface area contributed by atoms with Gasteiger partial charge in [-0.3, -0.25) is 14.0 Å². The molecule has 1 N–H and O–H groups in total. The first-order valence-electron chi connectivity index (χ1n) is 10.7. The van der Waals surface area contributed by atoms with E-state index in [9.17, 15) is 27.9 Å². The molecule has 182 valence electrons. The lowest BCUT2D eigenvalue weighted by atomic mass is 10.0. The molecule has 0 atom stereocenters. The number of aromatic nitrogens is 2. The van der Waals surface area contributed by atoms with Crippen LogP contribution in [0, 0.1) is 13.8 Å². The number of alkyl halides is 3. The Kier molecular flexibility index (Phi) is 5.88. The fraction of sp³-hybridized carbons (Fsp3) is 0.115. The predicted molar refractivity (Wildman–Crippen MR) is 133 cm³/mol. The lowest BCUT2D eigenvalue weighted by Gasteiger charge is -2.12. The molecule has 36 heavy (non-hydrogen) atoms. The van der Waals surface area contributed by atoms with E-state index in [1.54, 1.807) is 12.1 Å². The van der Waals surface area contributed by atoms with Gasteiger partial charge in [-0.2, -0.15) is 13.2 Å². The summed E-state index contributed by atoms with van der Waals surface area (Å²) in [5.41, 5.74) is -0.0517. The van der Waals surface area contributed by atoms with Crippen molar-refractivity contribution in [2.24, 2.45) is 0 Å². The summed E-state index contributed by atoms with van der Waals surface area (Å²) < 4.78 is 41.1. The number of pyridine rings is 1. The third-order valence-corrected chi connectivity index (χ3v) is 7.92. The number of para-hydroxylation sites is 1. The van der Waals surface area contributed by atoms with Crippen LogP contribution in [0.15, 0.2) is 75.4 Å². The molecule has 0 aliphatic heterocycles. The zero-order valence-electron chi connectivity index (χ0n) is 18.9. The average molecular weight is 527 g/mol. The second kappa shape index (κ2) is 8.79. The number of thiophene rings is 1. The molecule has 5 aromatic rings. The molecule has 0 aliphatic rings. The molecule has 0 spiro atoms. The fourth-order valence-corrected chi connectivity index (χ4v) is 5.89. The number of carbonyl (C=O) groups is 1. The van der Waals surface area contributed by atoms with E-state index in [0.717, 1.165) is 34.3 Å². The molecule has 0 saturated heterocycles. The predicted octanol–water partition coefficient (Wildman–Crippen LogP) is 6.63. The van der Waals surface area contributed by atoms with Crippen LogP contribution in [0.2, 0.25) is 0 Å². The summed E-state index contributed by atoms with van der Waals surface area (Å²) in [5, 5.41) is 10.6. The van der Waals surface area contributed by atoms with Gasteiger partial charge in [-0.25, -0.2) is 4.98 Å². The topological polar surface area (TPSA) is 71.7 Å². The minimum absolute atomic E-state index is 0.0384. The summed E-state index contributed by atoms with van der Waals surface area (Å²) in [6.07, 6.45) is -3.16. The summed E-state index contributed by atoms with van der Waals surface area (Å²) in [6.45, 7) is 3.70. The first-order valence-corrected chi connectivity index (χ1v) is 12.3. The Labute approximate surface area is 210 Å². The Hall–Kier alpha value is -3.63. The number of aryl methyl sites for hydroxylation is 2. The van der Waals surface area contributed by atoms with Crippen LogP contribution in [-0.4, -0.2) is 20.3 Å². The Morgan fingerprint density at radius 2 is 1.83 bits per heavy atom. The number of phenols is 1. The minimum Gasteiger partial charge on any atom is -0.507 e. The average Bonchev–Trinajstić information content (AvgIpc) is 3.12. The number of aromatic hydroxyl groups is 1. The number of ketones is 1. The molecule has 0 saturated carbocycles. The highest BCUT2D eigenvalue weighted by Crippen LogP contribution is 2.37. The molecular weight excluding hydrogens is 509 g/mol. The van der Waals surface area contributed by atoms with Gasteiger partial charge in [-0.15, -0.1) is 11.3 Å². The van der Waals surface area contributed by atoms with Gasteiger partial charge in [-0.1, -0.05) is 30.0 Å². The van der Waals surface area contributed by atoms with Crippen LogP contribution in [0.4, 0.5) is 13.2 Å². The van der Waals surface area contributed by atoms with E-state index >= 15 is 0 Å². The van der Waals surface area contributed by atoms with E-state index in [4.69, 9.17) is 0 Å². The van der Waals surface area contributed by atoms with E-state index in [1.165, 1.54) is 52.3 Å². The van der Waals surface area contributed by atoms with Crippen LogP contribution >= 0.6 is 23.1 Å². The molecule has 0 radical (unpaired) electrons. The van der Waals surface area contributed by atoms with Crippen molar-refractivity contribution < 1.29 is 23.1 Å². The highest BCUT2D eigenvalue weighted by molar-refractivity contribution is 7.99. The maximum absolute atomic E-state index is 13.5. The molecule has 0 bridgehead atoms. The lowest BCUT2D eigenvalue weighted by Crippen LogP contribution is -2.17. The van der Waals surface area contributed by atoms with Crippen LogP contribution in [0.25, 0.3) is 15.9 Å². The molecule has 5 rings (SSSR count). The first-order chi connectivity index (χ1) is 17.0. The number of benzene rings is 2. The van der Waals surface area contributed by atoms with E-state index in [1.807, 2.05) is 13.8 Å². The minimum atomic E-state index is -4.52. The van der Waals surface area contributed by atoms with Gasteiger partial charge in [0.1, 0.15) is 10.6 Å². The maximum Gasteiger partial charge on any atom is 0.416 e. The molecule has 3 aromatic heterocycles. The van der Waals surface area contributed by atoms with Crippen LogP contribution in [-0.2, 0) is 6.18 Å². The smallest absolute Gasteiger partial charge is 0.416 e. The van der Waals surface area contributed by atoms with Crippen molar-refractivity contribution in [1.29, 1.82) is 0 Å². The molecule has 0 amide bonds. The number of fused-ring (bicyclic) bond motifs is 2. The van der Waals surface area contributed by atoms with Gasteiger partial charge in [-0.05, 0) is 55.8 Å². The van der Waals surface area contributed by atoms with E-state index in [0.29, 0.717) is 15.1 Å². The van der Waals surface area contributed by atoms with Crippen molar-refractivity contribution in [2.45, 2.75) is 29.8 Å². The van der Waals surface area contributed by atoms with Crippen molar-refractivity contribution in [2.75, 3.05) is 0 Å². The number of rotatable bonds is 4. The van der Waals surface area contributed by atoms with Gasteiger partial charge >= 0.3 is 6.18 Å². The van der Waals surface area contributed by atoms with Gasteiger partial charge in [0.25, 0.3) is 5.56 Å². The third-order valence-electron chi connectivity index (χ3n) is 5.81. The molecule has 5 nitrogen and oxygen atoms in total. The van der Waals surface area contributed by atoms with Crippen LogP contribution in [0.5, 0.6) is 5.75 Å². The maximum atomic E-state index is 13.5. The van der Waals surface area contributed by atoms with Gasteiger partial charge in [0.15, 0.2) is 11.4 Å². The van der Waals surface area contributed by atoms with Gasteiger partial charge in [0.2, 0.25) is 0 Å². The lowest BCUT2D eigenvalue weighted by molar-refractivity contribution is -0.137. The Balaban J connectivity index is 1.76. The zero-order valence-corrected chi connectivity index (χ0v) is 20.5. The monoisotopic (exact) mass is 526 g/mol. The molecular formula is C26H17F3N2O3S2. The number of hydrogen-bond acceptors (Lipinski definition) is 6. The second-order valence-corrected chi connectivity index (χ2v) is 10.5. The quantitative estimate of drug-likeness (QED) is 0.266. The summed E-state index contributed by atoms with van der Waals surface area (Å²) in [5.74, 6) is -0.758. The number of carbonyl (C=O) groups excluding carboxylic acids is 1.